The number of β-amino-alcohol motifs (C(OH)–C–C–N with tert-alkyl or cyclic N) is 1. The van der Waals surface area contributed by atoms with E-state index in [0.29, 0.717) is 0 Å². The summed E-state index contributed by atoms with van der Waals surface area (Å²) in [5, 5.41) is 9.71. The van der Waals surface area contributed by atoms with E-state index in [0.717, 1.165) is 26.2 Å². The first-order valence-corrected chi connectivity index (χ1v) is 5.35. The summed E-state index contributed by atoms with van der Waals surface area (Å²) < 4.78 is 0. The minimum absolute atomic E-state index is 0.335. The van der Waals surface area contributed by atoms with E-state index in [1.807, 2.05) is 19.0 Å². The molecule has 0 aromatic carbocycles. The molecule has 0 bridgehead atoms. The van der Waals surface area contributed by atoms with Gasteiger partial charge in [0.15, 0.2) is 0 Å². The van der Waals surface area contributed by atoms with Gasteiger partial charge in [-0.3, -0.25) is 9.80 Å². The Hall–Kier alpha value is -0.160. The third-order valence-corrected chi connectivity index (χ3v) is 2.83. The van der Waals surface area contributed by atoms with E-state index < -0.39 is 0 Å². The molecule has 1 atom stereocenters. The van der Waals surface area contributed by atoms with Crippen LogP contribution < -0.4 is 0 Å². The number of aliphatic hydroxyl groups is 1. The van der Waals surface area contributed by atoms with Crippen molar-refractivity contribution in [2.45, 2.75) is 12.6 Å². The molecule has 1 aliphatic heterocycles. The summed E-state index contributed by atoms with van der Waals surface area (Å²) in [6.45, 7) is 5.23. The molecule has 0 amide bonds. The van der Waals surface area contributed by atoms with E-state index in [2.05, 4.69) is 16.8 Å². The smallest absolute Gasteiger partial charge is 0.119 e. The molecule has 1 N–H and O–H groups in total. The van der Waals surface area contributed by atoms with Crippen molar-refractivity contribution >= 4 is 0 Å². The lowest BCUT2D eigenvalue weighted by Crippen LogP contribution is -2.41. The zero-order chi connectivity index (χ0) is 10.6. The molecule has 1 saturated heterocycles. The Balaban J connectivity index is 2.30. The maximum absolute atomic E-state index is 9.71. The number of likely N-dealkylation sites (N-methyl/N-ethyl adjacent to an activating group) is 2. The average molecular weight is 201 g/mol. The molecule has 4 nitrogen and oxygen atoms in total. The van der Waals surface area contributed by atoms with Crippen LogP contribution in [0.25, 0.3) is 0 Å². The van der Waals surface area contributed by atoms with E-state index in [9.17, 15) is 5.11 Å². The van der Waals surface area contributed by atoms with E-state index in [1.165, 1.54) is 13.0 Å². The van der Waals surface area contributed by atoms with Crippen molar-refractivity contribution in [1.82, 2.24) is 14.7 Å². The predicted molar refractivity (Wildman–Crippen MR) is 58.2 cm³/mol. The van der Waals surface area contributed by atoms with Gasteiger partial charge in [-0.2, -0.15) is 0 Å². The van der Waals surface area contributed by atoms with Crippen molar-refractivity contribution in [1.29, 1.82) is 0 Å². The molecular weight excluding hydrogens is 178 g/mol. The summed E-state index contributed by atoms with van der Waals surface area (Å²) in [5.41, 5.74) is 0. The molecule has 4 heteroatoms. The lowest BCUT2D eigenvalue weighted by atomic mass is 10.3. The highest BCUT2D eigenvalue weighted by atomic mass is 16.3. The Bertz CT molecular complexity index is 163. The molecular formula is C10H23N3O. The topological polar surface area (TPSA) is 30.0 Å². The summed E-state index contributed by atoms with van der Waals surface area (Å²) in [7, 11) is 5.98. The Kier molecular flexibility index (Phi) is 4.81. The van der Waals surface area contributed by atoms with Gasteiger partial charge in [-0.25, -0.2) is 0 Å². The molecule has 0 saturated carbocycles. The lowest BCUT2D eigenvalue weighted by Gasteiger charge is -2.26. The lowest BCUT2D eigenvalue weighted by molar-refractivity contribution is 0.00979. The van der Waals surface area contributed by atoms with Crippen LogP contribution in [0.4, 0.5) is 0 Å². The number of hydrogen-bond acceptors (Lipinski definition) is 4. The number of aliphatic hydroxyl groups excluding tert-OH is 1. The van der Waals surface area contributed by atoms with Crippen LogP contribution in [0, 0.1) is 0 Å². The second-order valence-corrected chi connectivity index (χ2v) is 4.40. The standard InChI is InChI=1S/C10H23N3O/c1-11(2)10(14)9-13-6-4-5-12(3)7-8-13/h10,14H,4-9H2,1-3H3. The highest BCUT2D eigenvalue weighted by molar-refractivity contribution is 4.69. The molecule has 14 heavy (non-hydrogen) atoms. The number of nitrogens with zero attached hydrogens (tertiary/aromatic N) is 3. The highest BCUT2D eigenvalue weighted by Crippen LogP contribution is 2.02. The molecule has 0 aliphatic carbocycles. The Morgan fingerprint density at radius 3 is 2.57 bits per heavy atom. The quantitative estimate of drug-likeness (QED) is 0.624. The minimum atomic E-state index is -0.335. The molecule has 1 rings (SSSR count). The molecule has 1 heterocycles. The van der Waals surface area contributed by atoms with Crippen molar-refractivity contribution < 1.29 is 5.11 Å². The van der Waals surface area contributed by atoms with E-state index in [-0.39, 0.29) is 6.23 Å². The molecule has 0 aromatic heterocycles. The predicted octanol–water partition coefficient (Wildman–Crippen LogP) is -0.496. The van der Waals surface area contributed by atoms with Gasteiger partial charge in [0.2, 0.25) is 0 Å². The third kappa shape index (κ3) is 3.92. The van der Waals surface area contributed by atoms with Crippen molar-refractivity contribution in [3.8, 4) is 0 Å². The summed E-state index contributed by atoms with van der Waals surface area (Å²) in [6, 6.07) is 0. The van der Waals surface area contributed by atoms with Gasteiger partial charge < -0.3 is 10.0 Å². The van der Waals surface area contributed by atoms with E-state index in [1.54, 1.807) is 0 Å². The van der Waals surface area contributed by atoms with Gasteiger partial charge in [-0.05, 0) is 40.7 Å². The average Bonchev–Trinajstić information content (AvgIpc) is 2.31. The maximum atomic E-state index is 9.71. The monoisotopic (exact) mass is 201 g/mol. The molecule has 0 aromatic rings. The zero-order valence-electron chi connectivity index (χ0n) is 9.61. The van der Waals surface area contributed by atoms with Crippen molar-refractivity contribution in [2.24, 2.45) is 0 Å². The molecule has 1 fully saturated rings. The fourth-order valence-corrected chi connectivity index (χ4v) is 1.68. The van der Waals surface area contributed by atoms with Crippen LogP contribution in [0.5, 0.6) is 0 Å². The van der Waals surface area contributed by atoms with Crippen molar-refractivity contribution in [3.63, 3.8) is 0 Å². The fourth-order valence-electron chi connectivity index (χ4n) is 1.68. The largest absolute Gasteiger partial charge is 0.377 e. The summed E-state index contributed by atoms with van der Waals surface area (Å²) in [5.74, 6) is 0. The third-order valence-electron chi connectivity index (χ3n) is 2.83. The van der Waals surface area contributed by atoms with Gasteiger partial charge in [0.25, 0.3) is 0 Å². The first-order chi connectivity index (χ1) is 6.59. The Morgan fingerprint density at radius 1 is 1.21 bits per heavy atom. The van der Waals surface area contributed by atoms with Crippen LogP contribution in [0.1, 0.15) is 6.42 Å². The van der Waals surface area contributed by atoms with Crippen LogP contribution in [0.3, 0.4) is 0 Å². The van der Waals surface area contributed by atoms with Gasteiger partial charge in [0.05, 0.1) is 0 Å². The van der Waals surface area contributed by atoms with Crippen LogP contribution in [0.15, 0.2) is 0 Å². The second kappa shape index (κ2) is 5.66. The van der Waals surface area contributed by atoms with Crippen LogP contribution in [0.2, 0.25) is 0 Å². The van der Waals surface area contributed by atoms with E-state index >= 15 is 0 Å². The fraction of sp³-hybridized carbons (Fsp3) is 1.00. The van der Waals surface area contributed by atoms with Gasteiger partial charge in [0.1, 0.15) is 6.23 Å². The van der Waals surface area contributed by atoms with Crippen LogP contribution in [-0.2, 0) is 0 Å². The van der Waals surface area contributed by atoms with Gasteiger partial charge in [-0.1, -0.05) is 0 Å². The highest BCUT2D eigenvalue weighted by Gasteiger charge is 2.16. The SMILES string of the molecule is CN1CCCN(CC(O)N(C)C)CC1. The van der Waals surface area contributed by atoms with Gasteiger partial charge in [0, 0.05) is 19.6 Å². The molecule has 84 valence electrons. The molecule has 0 spiro atoms. The zero-order valence-corrected chi connectivity index (χ0v) is 9.61. The second-order valence-electron chi connectivity index (χ2n) is 4.40. The normalized spacial score (nSPS) is 23.8. The van der Waals surface area contributed by atoms with Crippen LogP contribution >= 0.6 is 0 Å². The summed E-state index contributed by atoms with van der Waals surface area (Å²) >= 11 is 0. The summed E-state index contributed by atoms with van der Waals surface area (Å²) in [6.07, 6.45) is 0.870. The first kappa shape index (κ1) is 11.9. The first-order valence-electron chi connectivity index (χ1n) is 5.35. The minimum Gasteiger partial charge on any atom is -0.377 e. The summed E-state index contributed by atoms with van der Waals surface area (Å²) in [4.78, 5) is 6.55. The maximum Gasteiger partial charge on any atom is 0.119 e. The van der Waals surface area contributed by atoms with Crippen molar-refractivity contribution in [2.75, 3.05) is 53.9 Å². The number of hydrogen-bond donors (Lipinski definition) is 1. The van der Waals surface area contributed by atoms with Gasteiger partial charge in [-0.15, -0.1) is 0 Å². The molecule has 0 radical (unpaired) electrons. The van der Waals surface area contributed by atoms with Crippen LogP contribution in [-0.4, -0.2) is 79.9 Å². The van der Waals surface area contributed by atoms with Gasteiger partial charge >= 0.3 is 0 Å². The Labute approximate surface area is 87.1 Å². The molecule has 1 unspecified atom stereocenters. The van der Waals surface area contributed by atoms with Crippen molar-refractivity contribution in [3.05, 3.63) is 0 Å². The molecule has 1 aliphatic rings. The number of rotatable bonds is 3. The Morgan fingerprint density at radius 2 is 1.93 bits per heavy atom. The van der Waals surface area contributed by atoms with E-state index in [4.69, 9.17) is 0 Å².